The van der Waals surface area contributed by atoms with Crippen molar-refractivity contribution in [1.29, 1.82) is 0 Å². The number of rotatable bonds is 5. The minimum Gasteiger partial charge on any atom is -0.388 e. The smallest absolute Gasteiger partial charge is 0.0801 e. The molecule has 0 fully saturated rings. The van der Waals surface area contributed by atoms with Crippen LogP contribution in [0.25, 0.3) is 0 Å². The third-order valence-electron chi connectivity index (χ3n) is 2.58. The van der Waals surface area contributed by atoms with Gasteiger partial charge in [-0.15, -0.1) is 0 Å². The first-order chi connectivity index (χ1) is 7.50. The van der Waals surface area contributed by atoms with E-state index in [0.29, 0.717) is 10.9 Å². The Morgan fingerprint density at radius 3 is 2.56 bits per heavy atom. The van der Waals surface area contributed by atoms with Crippen molar-refractivity contribution in [3.63, 3.8) is 0 Å². The molecule has 0 aliphatic heterocycles. The van der Waals surface area contributed by atoms with Gasteiger partial charge in [0, 0.05) is 9.50 Å². The van der Waals surface area contributed by atoms with E-state index in [1.807, 2.05) is 18.2 Å². The van der Waals surface area contributed by atoms with Crippen LogP contribution >= 0.6 is 27.5 Å². The van der Waals surface area contributed by atoms with Gasteiger partial charge in [-0.1, -0.05) is 60.3 Å². The Morgan fingerprint density at radius 1 is 1.31 bits per heavy atom. The van der Waals surface area contributed by atoms with Gasteiger partial charge in [-0.05, 0) is 30.0 Å². The lowest BCUT2D eigenvalue weighted by Crippen LogP contribution is -1.99. The molecule has 1 atom stereocenters. The second-order valence-electron chi connectivity index (χ2n) is 4.51. The van der Waals surface area contributed by atoms with E-state index >= 15 is 0 Å². The Bertz CT molecular complexity index is 339. The molecule has 0 amide bonds. The molecule has 3 heteroatoms. The number of hydrogen-bond donors (Lipinski definition) is 1. The summed E-state index contributed by atoms with van der Waals surface area (Å²) in [6.07, 6.45) is 2.61. The van der Waals surface area contributed by atoms with E-state index in [9.17, 15) is 5.11 Å². The fraction of sp³-hybridized carbons (Fsp3) is 0.538. The van der Waals surface area contributed by atoms with Gasteiger partial charge in [-0.25, -0.2) is 0 Å². The highest BCUT2D eigenvalue weighted by Crippen LogP contribution is 2.29. The van der Waals surface area contributed by atoms with E-state index in [-0.39, 0.29) is 0 Å². The van der Waals surface area contributed by atoms with Gasteiger partial charge in [0.25, 0.3) is 0 Å². The van der Waals surface area contributed by atoms with Crippen molar-refractivity contribution in [3.8, 4) is 0 Å². The molecular formula is C13H18BrClO. The Labute approximate surface area is 111 Å². The maximum Gasteiger partial charge on any atom is 0.0801 e. The fourth-order valence-electron chi connectivity index (χ4n) is 1.65. The van der Waals surface area contributed by atoms with Crippen LogP contribution < -0.4 is 0 Å². The summed E-state index contributed by atoms with van der Waals surface area (Å²) >= 11 is 9.28. The van der Waals surface area contributed by atoms with Crippen molar-refractivity contribution in [1.82, 2.24) is 0 Å². The highest BCUT2D eigenvalue weighted by atomic mass is 79.9. The summed E-state index contributed by atoms with van der Waals surface area (Å²) in [5, 5.41) is 10.7. The summed E-state index contributed by atoms with van der Waals surface area (Å²) < 4.78 is 0.886. The van der Waals surface area contributed by atoms with E-state index in [2.05, 4.69) is 29.8 Å². The Kier molecular flexibility index (Phi) is 5.81. The number of aliphatic hydroxyl groups is 1. The molecule has 0 aromatic heterocycles. The van der Waals surface area contributed by atoms with E-state index in [0.717, 1.165) is 29.3 Å². The summed E-state index contributed by atoms with van der Waals surface area (Å²) in [5.74, 6) is 0.695. The zero-order chi connectivity index (χ0) is 12.1. The minimum atomic E-state index is -0.398. The highest BCUT2D eigenvalue weighted by molar-refractivity contribution is 9.10. The summed E-state index contributed by atoms with van der Waals surface area (Å²) in [5.41, 5.74) is 0.924. The van der Waals surface area contributed by atoms with Crippen LogP contribution in [0, 0.1) is 5.92 Å². The van der Waals surface area contributed by atoms with Crippen LogP contribution in [-0.4, -0.2) is 5.11 Å². The summed E-state index contributed by atoms with van der Waals surface area (Å²) in [7, 11) is 0. The van der Waals surface area contributed by atoms with Gasteiger partial charge in [-0.2, -0.15) is 0 Å². The zero-order valence-electron chi connectivity index (χ0n) is 9.71. The third-order valence-corrected chi connectivity index (χ3v) is 3.50. The Morgan fingerprint density at radius 2 is 2.00 bits per heavy atom. The van der Waals surface area contributed by atoms with E-state index in [1.165, 1.54) is 0 Å². The van der Waals surface area contributed by atoms with Crippen LogP contribution in [0.4, 0.5) is 0 Å². The lowest BCUT2D eigenvalue weighted by Gasteiger charge is -2.13. The highest BCUT2D eigenvalue weighted by Gasteiger charge is 2.11. The van der Waals surface area contributed by atoms with Gasteiger partial charge < -0.3 is 5.11 Å². The molecule has 1 aromatic rings. The van der Waals surface area contributed by atoms with Crippen molar-refractivity contribution in [2.75, 3.05) is 0 Å². The molecule has 90 valence electrons. The van der Waals surface area contributed by atoms with Crippen molar-refractivity contribution in [3.05, 3.63) is 33.3 Å². The van der Waals surface area contributed by atoms with Gasteiger partial charge in [0.05, 0.1) is 6.10 Å². The lowest BCUT2D eigenvalue weighted by atomic mass is 10.0. The molecule has 0 saturated carbocycles. The first-order valence-electron chi connectivity index (χ1n) is 5.63. The molecule has 0 radical (unpaired) electrons. The van der Waals surface area contributed by atoms with E-state index in [1.54, 1.807) is 0 Å². The van der Waals surface area contributed by atoms with Crippen LogP contribution in [0.5, 0.6) is 0 Å². The maximum atomic E-state index is 10.0. The fourth-order valence-corrected chi connectivity index (χ4v) is 2.59. The zero-order valence-corrected chi connectivity index (χ0v) is 12.1. The quantitative estimate of drug-likeness (QED) is 0.815. The van der Waals surface area contributed by atoms with E-state index < -0.39 is 6.10 Å². The van der Waals surface area contributed by atoms with Gasteiger partial charge in [0.2, 0.25) is 0 Å². The average Bonchev–Trinajstić information content (AvgIpc) is 2.16. The van der Waals surface area contributed by atoms with Crippen molar-refractivity contribution in [2.24, 2.45) is 5.92 Å². The average molecular weight is 306 g/mol. The summed E-state index contributed by atoms with van der Waals surface area (Å²) in [6.45, 7) is 4.40. The number of aliphatic hydroxyl groups excluding tert-OH is 1. The summed E-state index contributed by atoms with van der Waals surface area (Å²) in [6, 6.07) is 5.52. The number of benzene rings is 1. The molecule has 0 bridgehead atoms. The van der Waals surface area contributed by atoms with Crippen LogP contribution in [0.2, 0.25) is 5.02 Å². The van der Waals surface area contributed by atoms with Crippen molar-refractivity contribution in [2.45, 2.75) is 39.2 Å². The molecule has 1 aromatic carbocycles. The van der Waals surface area contributed by atoms with Crippen molar-refractivity contribution >= 4 is 27.5 Å². The normalized spacial score (nSPS) is 13.1. The van der Waals surface area contributed by atoms with Crippen LogP contribution in [0.1, 0.15) is 44.8 Å². The van der Waals surface area contributed by atoms with Crippen LogP contribution in [0.3, 0.4) is 0 Å². The largest absolute Gasteiger partial charge is 0.388 e. The predicted octanol–water partition coefficient (Wildman–Crippen LogP) is 4.96. The molecule has 1 rings (SSSR count). The molecule has 1 nitrogen and oxygen atoms in total. The maximum absolute atomic E-state index is 10.0. The predicted molar refractivity (Wildman–Crippen MR) is 72.8 cm³/mol. The number of hydrogen-bond acceptors (Lipinski definition) is 1. The molecule has 0 spiro atoms. The molecule has 1 unspecified atom stereocenters. The molecule has 0 heterocycles. The molecule has 0 aliphatic carbocycles. The topological polar surface area (TPSA) is 20.2 Å². The first-order valence-corrected chi connectivity index (χ1v) is 6.81. The second-order valence-corrected chi connectivity index (χ2v) is 5.80. The SMILES string of the molecule is CC(C)CCCC(O)c1ccc(Cl)cc1Br. The molecule has 1 N–H and O–H groups in total. The first kappa shape index (κ1) is 14.0. The molecule has 16 heavy (non-hydrogen) atoms. The number of halogens is 2. The second kappa shape index (κ2) is 6.63. The van der Waals surface area contributed by atoms with Crippen molar-refractivity contribution < 1.29 is 5.11 Å². The van der Waals surface area contributed by atoms with Gasteiger partial charge in [0.15, 0.2) is 0 Å². The Hall–Kier alpha value is -0.0500. The van der Waals surface area contributed by atoms with Gasteiger partial charge >= 0.3 is 0 Å². The third kappa shape index (κ3) is 4.44. The van der Waals surface area contributed by atoms with Crippen LogP contribution in [0.15, 0.2) is 22.7 Å². The van der Waals surface area contributed by atoms with Gasteiger partial charge in [0.1, 0.15) is 0 Å². The lowest BCUT2D eigenvalue weighted by molar-refractivity contribution is 0.161. The monoisotopic (exact) mass is 304 g/mol. The molecule has 0 saturated heterocycles. The summed E-state index contributed by atoms with van der Waals surface area (Å²) in [4.78, 5) is 0. The molecular weight excluding hydrogens is 287 g/mol. The standard InChI is InChI=1S/C13H18BrClO/c1-9(2)4-3-5-13(16)11-7-6-10(15)8-12(11)14/h6-9,13,16H,3-5H2,1-2H3. The van der Waals surface area contributed by atoms with Crippen LogP contribution in [-0.2, 0) is 0 Å². The Balaban J connectivity index is 2.55. The van der Waals surface area contributed by atoms with E-state index in [4.69, 9.17) is 11.6 Å². The van der Waals surface area contributed by atoms with Gasteiger partial charge in [-0.3, -0.25) is 0 Å². The molecule has 0 aliphatic rings. The minimum absolute atomic E-state index is 0.398.